The molecular weight excluding hydrogens is 383 g/mol. The quantitative estimate of drug-likeness (QED) is 0.607. The number of halogens is 3. The SMILES string of the molecule is O=c1c2c(-c3ccc(Cl)cc3F)cc(Br)cc2nc2n1CCC2. The van der Waals surface area contributed by atoms with E-state index in [1.807, 2.05) is 0 Å². The van der Waals surface area contributed by atoms with E-state index < -0.39 is 5.82 Å². The standard InChI is InChI=1S/C17H11BrClFN2O/c18-9-6-12(11-4-3-10(19)8-13(11)20)16-14(7-9)21-15-2-1-5-22(15)17(16)23/h3-4,6-8H,1-2,5H2. The van der Waals surface area contributed by atoms with Crippen LogP contribution in [-0.4, -0.2) is 9.55 Å². The minimum atomic E-state index is -0.457. The first-order chi connectivity index (χ1) is 11.0. The molecule has 0 radical (unpaired) electrons. The number of aromatic nitrogens is 2. The molecule has 0 fully saturated rings. The van der Waals surface area contributed by atoms with Crippen LogP contribution in [0.5, 0.6) is 0 Å². The van der Waals surface area contributed by atoms with Crippen LogP contribution in [0.2, 0.25) is 5.02 Å². The molecule has 1 aliphatic heterocycles. The van der Waals surface area contributed by atoms with E-state index in [0.717, 1.165) is 23.1 Å². The van der Waals surface area contributed by atoms with Crippen LogP contribution in [0.25, 0.3) is 22.0 Å². The number of hydrogen-bond donors (Lipinski definition) is 0. The second-order valence-corrected chi connectivity index (χ2v) is 6.91. The molecule has 0 N–H and O–H groups in total. The molecule has 0 bridgehead atoms. The van der Waals surface area contributed by atoms with E-state index in [1.165, 1.54) is 6.07 Å². The third-order valence-electron chi connectivity index (χ3n) is 4.11. The van der Waals surface area contributed by atoms with Crippen molar-refractivity contribution in [3.63, 3.8) is 0 Å². The zero-order valence-corrected chi connectivity index (χ0v) is 14.3. The Morgan fingerprint density at radius 3 is 2.83 bits per heavy atom. The fourth-order valence-corrected chi connectivity index (χ4v) is 3.70. The Bertz CT molecular complexity index is 1020. The van der Waals surface area contributed by atoms with E-state index in [-0.39, 0.29) is 5.56 Å². The number of benzene rings is 2. The third-order valence-corrected chi connectivity index (χ3v) is 4.80. The molecule has 3 aromatic rings. The van der Waals surface area contributed by atoms with Gasteiger partial charge >= 0.3 is 0 Å². The number of aryl methyl sites for hydroxylation is 1. The van der Waals surface area contributed by atoms with E-state index in [1.54, 1.807) is 28.8 Å². The normalized spacial score (nSPS) is 13.5. The lowest BCUT2D eigenvalue weighted by atomic mass is 10.0. The number of hydrogen-bond acceptors (Lipinski definition) is 2. The van der Waals surface area contributed by atoms with Crippen molar-refractivity contribution >= 4 is 38.4 Å². The van der Waals surface area contributed by atoms with Crippen LogP contribution in [0.15, 0.2) is 39.6 Å². The molecule has 6 heteroatoms. The van der Waals surface area contributed by atoms with Gasteiger partial charge in [0.1, 0.15) is 11.6 Å². The lowest BCUT2D eigenvalue weighted by molar-refractivity contribution is 0.631. The Kier molecular flexibility index (Phi) is 3.50. The minimum Gasteiger partial charge on any atom is -0.296 e. The molecule has 4 rings (SSSR count). The van der Waals surface area contributed by atoms with Crippen LogP contribution in [-0.2, 0) is 13.0 Å². The Hall–Kier alpha value is -1.72. The number of rotatable bonds is 1. The predicted octanol–water partition coefficient (Wildman–Crippen LogP) is 4.56. The van der Waals surface area contributed by atoms with Gasteiger partial charge in [0.25, 0.3) is 5.56 Å². The van der Waals surface area contributed by atoms with Gasteiger partial charge < -0.3 is 0 Å². The van der Waals surface area contributed by atoms with E-state index >= 15 is 0 Å². The molecule has 0 saturated heterocycles. The maximum absolute atomic E-state index is 14.4. The number of fused-ring (bicyclic) bond motifs is 2. The molecule has 116 valence electrons. The second-order valence-electron chi connectivity index (χ2n) is 5.56. The average Bonchev–Trinajstić information content (AvgIpc) is 2.95. The zero-order valence-electron chi connectivity index (χ0n) is 11.9. The molecule has 3 nitrogen and oxygen atoms in total. The van der Waals surface area contributed by atoms with E-state index in [0.29, 0.717) is 33.6 Å². The minimum absolute atomic E-state index is 0.112. The van der Waals surface area contributed by atoms with Gasteiger partial charge in [-0.1, -0.05) is 27.5 Å². The summed E-state index contributed by atoms with van der Waals surface area (Å²) in [7, 11) is 0. The molecular formula is C17H11BrClFN2O. The van der Waals surface area contributed by atoms with Crippen molar-refractivity contribution in [3.8, 4) is 11.1 Å². The average molecular weight is 394 g/mol. The Balaban J connectivity index is 2.12. The molecule has 0 unspecified atom stereocenters. The van der Waals surface area contributed by atoms with Gasteiger partial charge in [-0.25, -0.2) is 9.37 Å². The Labute approximate surface area is 144 Å². The van der Waals surface area contributed by atoms with Crippen molar-refractivity contribution in [1.82, 2.24) is 9.55 Å². The molecule has 1 aliphatic rings. The van der Waals surface area contributed by atoms with Crippen molar-refractivity contribution in [1.29, 1.82) is 0 Å². The largest absolute Gasteiger partial charge is 0.296 e. The van der Waals surface area contributed by atoms with Gasteiger partial charge in [-0.05, 0) is 36.8 Å². The van der Waals surface area contributed by atoms with Crippen LogP contribution < -0.4 is 5.56 Å². The van der Waals surface area contributed by atoms with Crippen molar-refractivity contribution in [2.24, 2.45) is 0 Å². The summed E-state index contributed by atoms with van der Waals surface area (Å²) < 4.78 is 16.8. The first-order valence-electron chi connectivity index (χ1n) is 7.23. The fraction of sp³-hybridized carbons (Fsp3) is 0.176. The Morgan fingerprint density at radius 1 is 1.22 bits per heavy atom. The van der Waals surface area contributed by atoms with Gasteiger partial charge in [-0.3, -0.25) is 9.36 Å². The van der Waals surface area contributed by atoms with Gasteiger partial charge in [-0.2, -0.15) is 0 Å². The van der Waals surface area contributed by atoms with E-state index in [9.17, 15) is 9.18 Å². The monoisotopic (exact) mass is 392 g/mol. The van der Waals surface area contributed by atoms with Crippen molar-refractivity contribution in [3.05, 3.63) is 61.8 Å². The smallest absolute Gasteiger partial charge is 0.262 e. The topological polar surface area (TPSA) is 34.9 Å². The van der Waals surface area contributed by atoms with Crippen LogP contribution in [0.1, 0.15) is 12.2 Å². The molecule has 1 aromatic heterocycles. The summed E-state index contributed by atoms with van der Waals surface area (Å²) in [5.74, 6) is 0.338. The molecule has 0 saturated carbocycles. The van der Waals surface area contributed by atoms with Crippen LogP contribution in [0.4, 0.5) is 4.39 Å². The van der Waals surface area contributed by atoms with Gasteiger partial charge in [0.05, 0.1) is 10.9 Å². The molecule has 0 amide bonds. The van der Waals surface area contributed by atoms with Gasteiger partial charge in [0, 0.05) is 33.6 Å². The maximum atomic E-state index is 14.4. The van der Waals surface area contributed by atoms with E-state index in [2.05, 4.69) is 20.9 Å². The number of nitrogens with zero attached hydrogens (tertiary/aromatic N) is 2. The van der Waals surface area contributed by atoms with Crippen LogP contribution in [0, 0.1) is 5.82 Å². The molecule has 2 aromatic carbocycles. The highest BCUT2D eigenvalue weighted by molar-refractivity contribution is 9.10. The zero-order chi connectivity index (χ0) is 16.1. The fourth-order valence-electron chi connectivity index (χ4n) is 3.09. The van der Waals surface area contributed by atoms with E-state index in [4.69, 9.17) is 11.6 Å². The van der Waals surface area contributed by atoms with Crippen molar-refractivity contribution in [2.45, 2.75) is 19.4 Å². The predicted molar refractivity (Wildman–Crippen MR) is 92.4 cm³/mol. The summed E-state index contributed by atoms with van der Waals surface area (Å²) in [4.78, 5) is 17.5. The van der Waals surface area contributed by atoms with Gasteiger partial charge in [0.15, 0.2) is 0 Å². The highest BCUT2D eigenvalue weighted by atomic mass is 79.9. The van der Waals surface area contributed by atoms with Gasteiger partial charge in [-0.15, -0.1) is 0 Å². The van der Waals surface area contributed by atoms with Gasteiger partial charge in [0.2, 0.25) is 0 Å². The summed E-state index contributed by atoms with van der Waals surface area (Å²) in [6.07, 6.45) is 1.70. The third kappa shape index (κ3) is 2.39. The second kappa shape index (κ2) is 5.42. The molecule has 23 heavy (non-hydrogen) atoms. The lowest BCUT2D eigenvalue weighted by Crippen LogP contribution is -2.21. The molecule has 0 spiro atoms. The summed E-state index contributed by atoms with van der Waals surface area (Å²) in [6, 6.07) is 8.01. The summed E-state index contributed by atoms with van der Waals surface area (Å²) in [5, 5.41) is 0.765. The first kappa shape index (κ1) is 14.8. The first-order valence-corrected chi connectivity index (χ1v) is 8.40. The lowest BCUT2D eigenvalue weighted by Gasteiger charge is -2.11. The molecule has 0 aliphatic carbocycles. The molecule has 2 heterocycles. The summed E-state index contributed by atoms with van der Waals surface area (Å²) >= 11 is 9.26. The highest BCUT2D eigenvalue weighted by Gasteiger charge is 2.20. The van der Waals surface area contributed by atoms with Crippen molar-refractivity contribution < 1.29 is 4.39 Å². The van der Waals surface area contributed by atoms with Crippen LogP contribution >= 0.6 is 27.5 Å². The highest BCUT2D eigenvalue weighted by Crippen LogP contribution is 2.33. The maximum Gasteiger partial charge on any atom is 0.262 e. The summed E-state index contributed by atoms with van der Waals surface area (Å²) in [6.45, 7) is 0.662. The molecule has 0 atom stereocenters. The Morgan fingerprint density at radius 2 is 2.04 bits per heavy atom. The van der Waals surface area contributed by atoms with Crippen LogP contribution in [0.3, 0.4) is 0 Å². The van der Waals surface area contributed by atoms with Crippen molar-refractivity contribution in [2.75, 3.05) is 0 Å². The summed E-state index contributed by atoms with van der Waals surface area (Å²) in [5.41, 5.74) is 1.35.